The summed E-state index contributed by atoms with van der Waals surface area (Å²) in [6, 6.07) is 9.33. The molecule has 0 aromatic heterocycles. The molecule has 24 heavy (non-hydrogen) atoms. The highest BCUT2D eigenvalue weighted by Gasteiger charge is 2.41. The molecule has 0 unspecified atom stereocenters. The van der Waals surface area contributed by atoms with E-state index in [9.17, 15) is 5.11 Å². The molecule has 2 rings (SSSR count). The summed E-state index contributed by atoms with van der Waals surface area (Å²) < 4.78 is 0. The third-order valence-corrected chi connectivity index (χ3v) is 11.8. The van der Waals surface area contributed by atoms with E-state index in [0.717, 1.165) is 16.3 Å². The van der Waals surface area contributed by atoms with Gasteiger partial charge in [-0.3, -0.25) is 0 Å². The van der Waals surface area contributed by atoms with Crippen LogP contribution in [-0.4, -0.2) is 13.2 Å². The molecule has 0 saturated carbocycles. The average molecular weight is 359 g/mol. The molecule has 0 radical (unpaired) electrons. The smallest absolute Gasteiger partial charge is 0.146 e. The normalized spacial score (nSPS) is 12.1. The Hall–Kier alpha value is -1.43. The molecule has 0 heterocycles. The van der Waals surface area contributed by atoms with E-state index in [-0.39, 0.29) is 5.75 Å². The molecule has 1 N–H and O–H groups in total. The lowest BCUT2D eigenvalue weighted by Crippen LogP contribution is -2.43. The van der Waals surface area contributed by atoms with Crippen LogP contribution in [0.1, 0.15) is 47.1 Å². The molecule has 0 saturated heterocycles. The number of aromatic hydroxyl groups is 1. The predicted molar refractivity (Wildman–Crippen MR) is 109 cm³/mol. The van der Waals surface area contributed by atoms with Gasteiger partial charge in [0, 0.05) is 5.39 Å². The number of halogens is 1. The van der Waals surface area contributed by atoms with Gasteiger partial charge in [0.25, 0.3) is 0 Å². The summed E-state index contributed by atoms with van der Waals surface area (Å²) in [6.45, 7) is 13.8. The summed E-state index contributed by atoms with van der Waals surface area (Å²) in [6.07, 6.45) is 0. The molecule has 1 nitrogen and oxygen atoms in total. The monoisotopic (exact) mass is 358 g/mol. The molecule has 0 atom stereocenters. The van der Waals surface area contributed by atoms with Gasteiger partial charge in [0.15, 0.2) is 0 Å². The van der Waals surface area contributed by atoms with Crippen LogP contribution in [0.4, 0.5) is 0 Å². The Morgan fingerprint density at radius 1 is 0.917 bits per heavy atom. The van der Waals surface area contributed by atoms with Crippen LogP contribution in [-0.2, 0) is 0 Å². The summed E-state index contributed by atoms with van der Waals surface area (Å²) in [5, 5.41) is 12.7. The van der Waals surface area contributed by atoms with E-state index in [0.29, 0.717) is 21.6 Å². The van der Waals surface area contributed by atoms with Crippen molar-refractivity contribution in [2.75, 3.05) is 0 Å². The van der Waals surface area contributed by atoms with Crippen molar-refractivity contribution in [2.24, 2.45) is 0 Å². The predicted octanol–water partition coefficient (Wildman–Crippen LogP) is 6.77. The first-order valence-corrected chi connectivity index (χ1v) is 11.3. The molecule has 0 spiro atoms. The van der Waals surface area contributed by atoms with Gasteiger partial charge in [0.1, 0.15) is 13.8 Å². The summed E-state index contributed by atoms with van der Waals surface area (Å²) in [5.74, 6) is 3.64. The molecular formula is C21H27ClOSi. The molecule has 0 aliphatic carbocycles. The first-order valence-electron chi connectivity index (χ1n) is 8.65. The number of hydrogen-bond acceptors (Lipinski definition) is 1. The van der Waals surface area contributed by atoms with Gasteiger partial charge >= 0.3 is 0 Å². The summed E-state index contributed by atoms with van der Waals surface area (Å²) in [5.41, 5.74) is 6.14. The van der Waals surface area contributed by atoms with Crippen LogP contribution in [0.3, 0.4) is 0 Å². The standard InChI is InChI=1S/C21H27ClOSi/c1-14(2)24(15(3)4,16(5)6)13-12-18-19(22)11-10-17-8-7-9-20(23)21(17)18/h7-11,14-16,23H,1-6H3. The zero-order valence-electron chi connectivity index (χ0n) is 15.4. The van der Waals surface area contributed by atoms with Gasteiger partial charge in [0.05, 0.1) is 10.6 Å². The molecule has 128 valence electrons. The van der Waals surface area contributed by atoms with Crippen molar-refractivity contribution in [2.45, 2.75) is 58.2 Å². The fraction of sp³-hybridized carbons (Fsp3) is 0.429. The lowest BCUT2D eigenvalue weighted by Gasteiger charge is -2.38. The van der Waals surface area contributed by atoms with E-state index in [1.54, 1.807) is 6.07 Å². The molecule has 0 aliphatic heterocycles. The molecule has 0 aliphatic rings. The Kier molecular flexibility index (Phi) is 5.68. The molecule has 2 aromatic carbocycles. The quantitative estimate of drug-likeness (QED) is 0.474. The van der Waals surface area contributed by atoms with Crippen molar-refractivity contribution in [3.05, 3.63) is 40.9 Å². The minimum absolute atomic E-state index is 0.241. The van der Waals surface area contributed by atoms with Crippen molar-refractivity contribution in [1.82, 2.24) is 0 Å². The zero-order chi connectivity index (χ0) is 18.1. The van der Waals surface area contributed by atoms with Crippen LogP contribution in [0.15, 0.2) is 30.3 Å². The van der Waals surface area contributed by atoms with Crippen LogP contribution < -0.4 is 0 Å². The lowest BCUT2D eigenvalue weighted by atomic mass is 10.0. The maximum absolute atomic E-state index is 10.3. The molecule has 3 heteroatoms. The highest BCUT2D eigenvalue weighted by molar-refractivity contribution is 6.90. The van der Waals surface area contributed by atoms with Crippen molar-refractivity contribution in [1.29, 1.82) is 0 Å². The topological polar surface area (TPSA) is 20.2 Å². The van der Waals surface area contributed by atoms with Crippen molar-refractivity contribution in [3.8, 4) is 17.2 Å². The number of rotatable bonds is 3. The Labute approximate surface area is 152 Å². The van der Waals surface area contributed by atoms with E-state index < -0.39 is 8.07 Å². The van der Waals surface area contributed by atoms with Gasteiger partial charge in [-0.1, -0.05) is 77.3 Å². The second kappa shape index (κ2) is 7.21. The third-order valence-electron chi connectivity index (χ3n) is 5.24. The van der Waals surface area contributed by atoms with E-state index in [1.165, 1.54) is 0 Å². The SMILES string of the molecule is CC(C)[Si](C#Cc1c(Cl)ccc2cccc(O)c12)(C(C)C)C(C)C. The lowest BCUT2D eigenvalue weighted by molar-refractivity contribution is 0.481. The van der Waals surface area contributed by atoms with Gasteiger partial charge in [0.2, 0.25) is 0 Å². The minimum atomic E-state index is -1.84. The summed E-state index contributed by atoms with van der Waals surface area (Å²) in [4.78, 5) is 0. The van der Waals surface area contributed by atoms with Crippen LogP contribution in [0.2, 0.25) is 21.6 Å². The Morgan fingerprint density at radius 3 is 2.04 bits per heavy atom. The van der Waals surface area contributed by atoms with Crippen LogP contribution >= 0.6 is 11.6 Å². The number of fused-ring (bicyclic) bond motifs is 1. The van der Waals surface area contributed by atoms with Crippen LogP contribution in [0.25, 0.3) is 10.8 Å². The number of benzene rings is 2. The van der Waals surface area contributed by atoms with Crippen LogP contribution in [0, 0.1) is 11.5 Å². The highest BCUT2D eigenvalue weighted by atomic mass is 35.5. The van der Waals surface area contributed by atoms with E-state index >= 15 is 0 Å². The maximum Gasteiger partial charge on any atom is 0.146 e. The molecule has 0 amide bonds. The van der Waals surface area contributed by atoms with E-state index in [1.807, 2.05) is 24.3 Å². The Morgan fingerprint density at radius 2 is 1.50 bits per heavy atom. The fourth-order valence-corrected chi connectivity index (χ4v) is 9.47. The number of phenolic OH excluding ortho intramolecular Hbond substituents is 1. The fourth-order valence-electron chi connectivity index (χ4n) is 4.06. The zero-order valence-corrected chi connectivity index (χ0v) is 17.2. The average Bonchev–Trinajstić information content (AvgIpc) is 2.49. The first kappa shape index (κ1) is 18.9. The van der Waals surface area contributed by atoms with Crippen molar-refractivity contribution in [3.63, 3.8) is 0 Å². The minimum Gasteiger partial charge on any atom is -0.507 e. The number of phenols is 1. The van der Waals surface area contributed by atoms with Gasteiger partial charge < -0.3 is 5.11 Å². The second-order valence-corrected chi connectivity index (χ2v) is 13.4. The molecule has 2 aromatic rings. The molecule has 0 fully saturated rings. The highest BCUT2D eigenvalue weighted by Crippen LogP contribution is 2.41. The first-order chi connectivity index (χ1) is 11.2. The number of hydrogen-bond donors (Lipinski definition) is 1. The van der Waals surface area contributed by atoms with Crippen LogP contribution in [0.5, 0.6) is 5.75 Å². The van der Waals surface area contributed by atoms with Gasteiger partial charge in [-0.05, 0) is 34.1 Å². The third kappa shape index (κ3) is 3.21. The summed E-state index contributed by atoms with van der Waals surface area (Å²) in [7, 11) is -1.84. The Bertz CT molecular complexity index is 775. The Balaban J connectivity index is 2.74. The van der Waals surface area contributed by atoms with Crippen molar-refractivity contribution >= 4 is 30.4 Å². The van der Waals surface area contributed by atoms with E-state index in [2.05, 4.69) is 53.0 Å². The van der Waals surface area contributed by atoms with Gasteiger partial charge in [-0.25, -0.2) is 0 Å². The maximum atomic E-state index is 10.3. The van der Waals surface area contributed by atoms with Gasteiger partial charge in [-0.15, -0.1) is 5.54 Å². The molecule has 0 bridgehead atoms. The molecular weight excluding hydrogens is 332 g/mol. The van der Waals surface area contributed by atoms with Crippen molar-refractivity contribution < 1.29 is 5.11 Å². The second-order valence-electron chi connectivity index (χ2n) is 7.44. The van der Waals surface area contributed by atoms with Gasteiger partial charge in [-0.2, -0.15) is 0 Å². The summed E-state index contributed by atoms with van der Waals surface area (Å²) >= 11 is 6.44. The van der Waals surface area contributed by atoms with E-state index in [4.69, 9.17) is 11.6 Å². The largest absolute Gasteiger partial charge is 0.507 e.